The zero-order chi connectivity index (χ0) is 18.9. The van der Waals surface area contributed by atoms with Crippen molar-refractivity contribution in [1.29, 1.82) is 0 Å². The third-order valence-corrected chi connectivity index (χ3v) is 3.99. The number of hydrazone groups is 1. The van der Waals surface area contributed by atoms with E-state index in [1.54, 1.807) is 6.21 Å². The van der Waals surface area contributed by atoms with Crippen LogP contribution in [0.1, 0.15) is 16.7 Å². The largest absolute Gasteiger partial charge is 0.488 e. The molecule has 0 amide bonds. The second-order valence-corrected chi connectivity index (χ2v) is 6.41. The van der Waals surface area contributed by atoms with Crippen molar-refractivity contribution < 1.29 is 4.74 Å². The van der Waals surface area contributed by atoms with Gasteiger partial charge in [0, 0.05) is 11.3 Å². The van der Waals surface area contributed by atoms with Gasteiger partial charge in [-0.05, 0) is 49.0 Å². The molecule has 0 heterocycles. The Morgan fingerprint density at radius 2 is 1.78 bits per heavy atom. The predicted molar refractivity (Wildman–Crippen MR) is 115 cm³/mol. The Hall–Kier alpha value is -3.18. The van der Waals surface area contributed by atoms with Crippen molar-refractivity contribution in [3.8, 4) is 5.75 Å². The van der Waals surface area contributed by atoms with Crippen LogP contribution in [0.2, 0.25) is 0 Å². The third-order valence-electron chi connectivity index (χ3n) is 3.80. The summed E-state index contributed by atoms with van der Waals surface area (Å²) >= 11 is 5.24. The summed E-state index contributed by atoms with van der Waals surface area (Å²) in [5.41, 5.74) is 6.96. The number of aryl methyl sites for hydroxylation is 1. The molecule has 0 aromatic heterocycles. The summed E-state index contributed by atoms with van der Waals surface area (Å²) in [5.74, 6) is 0.770. The molecule has 0 spiro atoms. The molecule has 0 bridgehead atoms. The molecule has 0 saturated carbocycles. The van der Waals surface area contributed by atoms with Crippen molar-refractivity contribution in [3.05, 3.63) is 95.6 Å². The van der Waals surface area contributed by atoms with Crippen LogP contribution in [0.3, 0.4) is 0 Å². The molecule has 0 aliphatic carbocycles. The number of nitrogens with one attached hydrogen (secondary N) is 2. The maximum Gasteiger partial charge on any atom is 0.191 e. The van der Waals surface area contributed by atoms with Crippen molar-refractivity contribution in [3.63, 3.8) is 0 Å². The van der Waals surface area contributed by atoms with Gasteiger partial charge in [-0.25, -0.2) is 0 Å². The second kappa shape index (κ2) is 9.50. The number of benzene rings is 3. The van der Waals surface area contributed by atoms with Crippen LogP contribution in [-0.4, -0.2) is 11.3 Å². The van der Waals surface area contributed by atoms with E-state index in [1.807, 2.05) is 60.7 Å². The maximum atomic E-state index is 5.96. The van der Waals surface area contributed by atoms with Crippen LogP contribution in [0.15, 0.2) is 84.0 Å². The van der Waals surface area contributed by atoms with Gasteiger partial charge in [-0.1, -0.05) is 60.2 Å². The molecule has 0 unspecified atom stereocenters. The molecule has 3 aromatic carbocycles. The van der Waals surface area contributed by atoms with E-state index in [-0.39, 0.29) is 0 Å². The SMILES string of the molecule is Cc1cccc(COc2ccccc2/C=N\NC(=S)Nc2ccccc2)c1. The van der Waals surface area contributed by atoms with E-state index in [9.17, 15) is 0 Å². The Balaban J connectivity index is 1.58. The average Bonchev–Trinajstić information content (AvgIpc) is 2.68. The quantitative estimate of drug-likeness (QED) is 0.366. The van der Waals surface area contributed by atoms with Gasteiger partial charge >= 0.3 is 0 Å². The van der Waals surface area contributed by atoms with Gasteiger partial charge in [0.15, 0.2) is 5.11 Å². The highest BCUT2D eigenvalue weighted by Crippen LogP contribution is 2.18. The fourth-order valence-electron chi connectivity index (χ4n) is 2.52. The van der Waals surface area contributed by atoms with Crippen LogP contribution >= 0.6 is 12.2 Å². The lowest BCUT2D eigenvalue weighted by Crippen LogP contribution is -2.23. The number of para-hydroxylation sites is 2. The van der Waals surface area contributed by atoms with Gasteiger partial charge < -0.3 is 10.1 Å². The summed E-state index contributed by atoms with van der Waals surface area (Å²) in [4.78, 5) is 0. The molecule has 2 N–H and O–H groups in total. The summed E-state index contributed by atoms with van der Waals surface area (Å²) < 4.78 is 5.96. The second-order valence-electron chi connectivity index (χ2n) is 6.01. The number of thiocarbonyl (C=S) groups is 1. The number of hydrogen-bond donors (Lipinski definition) is 2. The van der Waals surface area contributed by atoms with Crippen LogP contribution in [-0.2, 0) is 6.61 Å². The molecule has 0 atom stereocenters. The average molecular weight is 375 g/mol. The van der Waals surface area contributed by atoms with Gasteiger partial charge in [0.05, 0.1) is 6.21 Å². The van der Waals surface area contributed by atoms with Crippen LogP contribution in [0.4, 0.5) is 5.69 Å². The number of anilines is 1. The first-order valence-electron chi connectivity index (χ1n) is 8.63. The minimum atomic E-state index is 0.426. The monoisotopic (exact) mass is 375 g/mol. The van der Waals surface area contributed by atoms with Gasteiger partial charge in [0.25, 0.3) is 0 Å². The van der Waals surface area contributed by atoms with E-state index < -0.39 is 0 Å². The zero-order valence-corrected chi connectivity index (χ0v) is 15.9. The first-order chi connectivity index (χ1) is 13.2. The van der Waals surface area contributed by atoms with Crippen LogP contribution in [0.25, 0.3) is 0 Å². The van der Waals surface area contributed by atoms with Gasteiger partial charge in [0.1, 0.15) is 12.4 Å². The minimum absolute atomic E-state index is 0.426. The first-order valence-corrected chi connectivity index (χ1v) is 9.04. The third kappa shape index (κ3) is 5.94. The highest BCUT2D eigenvalue weighted by atomic mass is 32.1. The Bertz CT molecular complexity index is 926. The molecule has 0 fully saturated rings. The van der Waals surface area contributed by atoms with E-state index in [4.69, 9.17) is 17.0 Å². The molecular formula is C22H21N3OS. The Morgan fingerprint density at radius 1 is 1.00 bits per heavy atom. The first kappa shape index (κ1) is 18.6. The molecule has 0 aliphatic heterocycles. The fraction of sp³-hybridized carbons (Fsp3) is 0.0909. The molecule has 0 saturated heterocycles. The van der Waals surface area contributed by atoms with Gasteiger partial charge in [-0.3, -0.25) is 5.43 Å². The summed E-state index contributed by atoms with van der Waals surface area (Å²) in [7, 11) is 0. The molecule has 27 heavy (non-hydrogen) atoms. The Labute approximate surface area is 164 Å². The topological polar surface area (TPSA) is 45.6 Å². The lowest BCUT2D eigenvalue weighted by atomic mass is 10.1. The fourth-order valence-corrected chi connectivity index (χ4v) is 2.69. The minimum Gasteiger partial charge on any atom is -0.488 e. The summed E-state index contributed by atoms with van der Waals surface area (Å²) in [6.45, 7) is 2.58. The number of rotatable bonds is 6. The van der Waals surface area contributed by atoms with Crippen molar-refractivity contribution >= 4 is 29.2 Å². The molecule has 3 aromatic rings. The van der Waals surface area contributed by atoms with Crippen molar-refractivity contribution in [2.75, 3.05) is 5.32 Å². The molecular weight excluding hydrogens is 354 g/mol. The Morgan fingerprint density at radius 3 is 2.59 bits per heavy atom. The normalized spacial score (nSPS) is 10.6. The van der Waals surface area contributed by atoms with Gasteiger partial charge in [0.2, 0.25) is 0 Å². The number of hydrogen-bond acceptors (Lipinski definition) is 3. The van der Waals surface area contributed by atoms with E-state index in [0.29, 0.717) is 11.7 Å². The molecule has 5 heteroatoms. The van der Waals surface area contributed by atoms with Crippen molar-refractivity contribution in [1.82, 2.24) is 5.43 Å². The molecule has 0 radical (unpaired) electrons. The van der Waals surface area contributed by atoms with Crippen LogP contribution < -0.4 is 15.5 Å². The van der Waals surface area contributed by atoms with Crippen molar-refractivity contribution in [2.45, 2.75) is 13.5 Å². The maximum absolute atomic E-state index is 5.96. The Kier molecular flexibility index (Phi) is 6.55. The highest BCUT2D eigenvalue weighted by molar-refractivity contribution is 7.80. The molecule has 3 rings (SSSR count). The van der Waals surface area contributed by atoms with E-state index in [0.717, 1.165) is 22.6 Å². The zero-order valence-electron chi connectivity index (χ0n) is 15.1. The van der Waals surface area contributed by atoms with Gasteiger partial charge in [-0.15, -0.1) is 0 Å². The smallest absolute Gasteiger partial charge is 0.191 e. The molecule has 0 aliphatic rings. The van der Waals surface area contributed by atoms with E-state index in [1.165, 1.54) is 5.56 Å². The molecule has 136 valence electrons. The van der Waals surface area contributed by atoms with Crippen LogP contribution in [0, 0.1) is 6.92 Å². The highest BCUT2D eigenvalue weighted by Gasteiger charge is 2.02. The van der Waals surface area contributed by atoms with E-state index >= 15 is 0 Å². The number of ether oxygens (including phenoxy) is 1. The van der Waals surface area contributed by atoms with Gasteiger partial charge in [-0.2, -0.15) is 5.10 Å². The van der Waals surface area contributed by atoms with Crippen molar-refractivity contribution in [2.24, 2.45) is 5.10 Å². The molecule has 4 nitrogen and oxygen atoms in total. The summed E-state index contributed by atoms with van der Waals surface area (Å²) in [5, 5.41) is 7.71. The number of nitrogens with zero attached hydrogens (tertiary/aromatic N) is 1. The predicted octanol–water partition coefficient (Wildman–Crippen LogP) is 4.89. The standard InChI is InChI=1S/C22H21N3OS/c1-17-8-7-9-18(14-17)16-26-21-13-6-5-10-19(21)15-23-25-22(27)24-20-11-3-2-4-12-20/h2-15H,16H2,1H3,(H2,24,25,27)/b23-15-. The van der Waals surface area contributed by atoms with E-state index in [2.05, 4.69) is 41.0 Å². The lowest BCUT2D eigenvalue weighted by molar-refractivity contribution is 0.305. The summed E-state index contributed by atoms with van der Waals surface area (Å²) in [6, 6.07) is 25.7. The summed E-state index contributed by atoms with van der Waals surface area (Å²) in [6.07, 6.45) is 1.70. The lowest BCUT2D eigenvalue weighted by Gasteiger charge is -2.10. The van der Waals surface area contributed by atoms with Crippen LogP contribution in [0.5, 0.6) is 5.75 Å².